The molecule has 0 bridgehead atoms. The molecule has 0 fully saturated rings. The molecule has 0 aliphatic rings. The van der Waals surface area contributed by atoms with E-state index >= 15 is 0 Å². The highest BCUT2D eigenvalue weighted by atomic mass is 16.6. The monoisotopic (exact) mass is 553 g/mol. The lowest BCUT2D eigenvalue weighted by atomic mass is 10.0. The van der Waals surface area contributed by atoms with Crippen LogP contribution in [0.2, 0.25) is 0 Å². The van der Waals surface area contributed by atoms with E-state index in [1.54, 1.807) is 6.92 Å². The standard InChI is InChI=1S/C35H68O4/c1-4-6-8-10-12-14-16-17-18-19-21-22-24-26-28-30-34(36)38-32-33(3)39-35(37)31-29-27-25-23-20-15-13-11-9-7-5-2/h33H,4-32H2,1-3H3. The summed E-state index contributed by atoms with van der Waals surface area (Å²) in [5, 5.41) is 0. The highest BCUT2D eigenvalue weighted by Crippen LogP contribution is 2.15. The Bertz CT molecular complexity index is 519. The quantitative estimate of drug-likeness (QED) is 0.0634. The van der Waals surface area contributed by atoms with Crippen LogP contribution in [-0.4, -0.2) is 24.6 Å². The number of carbonyl (C=O) groups is 2. The number of unbranched alkanes of at least 4 members (excludes halogenated alkanes) is 24. The van der Waals surface area contributed by atoms with Gasteiger partial charge in [0.05, 0.1) is 0 Å². The summed E-state index contributed by atoms with van der Waals surface area (Å²) >= 11 is 0. The third kappa shape index (κ3) is 31.3. The van der Waals surface area contributed by atoms with Gasteiger partial charge in [-0.05, 0) is 19.8 Å². The van der Waals surface area contributed by atoms with Gasteiger partial charge in [-0.25, -0.2) is 0 Å². The number of carbonyl (C=O) groups excluding carboxylic acids is 2. The Balaban J connectivity index is 3.40. The number of hydrogen-bond acceptors (Lipinski definition) is 4. The van der Waals surface area contributed by atoms with Gasteiger partial charge in [-0.15, -0.1) is 0 Å². The highest BCUT2D eigenvalue weighted by molar-refractivity contribution is 5.70. The average molecular weight is 553 g/mol. The summed E-state index contributed by atoms with van der Waals surface area (Å²) in [5.74, 6) is -0.338. The van der Waals surface area contributed by atoms with E-state index in [0.717, 1.165) is 25.7 Å². The molecule has 0 saturated heterocycles. The molecular weight excluding hydrogens is 484 g/mol. The summed E-state index contributed by atoms with van der Waals surface area (Å²) in [7, 11) is 0. The second-order valence-electron chi connectivity index (χ2n) is 12.0. The molecule has 4 heteroatoms. The van der Waals surface area contributed by atoms with Crippen LogP contribution in [0.5, 0.6) is 0 Å². The summed E-state index contributed by atoms with van der Waals surface area (Å²) in [4.78, 5) is 24.0. The van der Waals surface area contributed by atoms with Crippen LogP contribution in [0.4, 0.5) is 0 Å². The van der Waals surface area contributed by atoms with E-state index in [9.17, 15) is 9.59 Å². The average Bonchev–Trinajstić information content (AvgIpc) is 2.92. The molecule has 0 amide bonds. The predicted molar refractivity (Wildman–Crippen MR) is 167 cm³/mol. The molecule has 1 unspecified atom stereocenters. The Morgan fingerprint density at radius 2 is 0.718 bits per heavy atom. The summed E-state index contributed by atoms with van der Waals surface area (Å²) in [6, 6.07) is 0. The first-order valence-corrected chi connectivity index (χ1v) is 17.4. The maximum atomic E-state index is 12.0. The Morgan fingerprint density at radius 1 is 0.436 bits per heavy atom. The van der Waals surface area contributed by atoms with Crippen molar-refractivity contribution in [1.82, 2.24) is 0 Å². The predicted octanol–water partition coefficient (Wildman–Crippen LogP) is 11.4. The van der Waals surface area contributed by atoms with Gasteiger partial charge in [0, 0.05) is 12.8 Å². The minimum Gasteiger partial charge on any atom is -0.462 e. The van der Waals surface area contributed by atoms with Crippen LogP contribution >= 0.6 is 0 Å². The third-order valence-corrected chi connectivity index (χ3v) is 7.78. The maximum absolute atomic E-state index is 12.0. The molecule has 0 aromatic heterocycles. The summed E-state index contributed by atoms with van der Waals surface area (Å²) in [6.07, 6.45) is 34.3. The third-order valence-electron chi connectivity index (χ3n) is 7.78. The highest BCUT2D eigenvalue weighted by Gasteiger charge is 2.12. The Morgan fingerprint density at radius 3 is 1.05 bits per heavy atom. The van der Waals surface area contributed by atoms with Crippen molar-refractivity contribution in [2.75, 3.05) is 6.61 Å². The number of hydrogen-bond donors (Lipinski definition) is 0. The molecule has 0 aliphatic heterocycles. The summed E-state index contributed by atoms with van der Waals surface area (Å²) in [5.41, 5.74) is 0. The minimum absolute atomic E-state index is 0.168. The fraction of sp³-hybridized carbons (Fsp3) is 0.943. The summed E-state index contributed by atoms with van der Waals surface area (Å²) < 4.78 is 10.7. The van der Waals surface area contributed by atoms with Gasteiger partial charge in [0.1, 0.15) is 12.7 Å². The van der Waals surface area contributed by atoms with Crippen molar-refractivity contribution in [3.05, 3.63) is 0 Å². The Labute approximate surface area is 244 Å². The molecule has 39 heavy (non-hydrogen) atoms. The first-order valence-electron chi connectivity index (χ1n) is 17.4. The van der Waals surface area contributed by atoms with Gasteiger partial charge in [-0.1, -0.05) is 168 Å². The molecule has 0 aromatic carbocycles. The van der Waals surface area contributed by atoms with Crippen LogP contribution < -0.4 is 0 Å². The first-order chi connectivity index (χ1) is 19.1. The zero-order valence-corrected chi connectivity index (χ0v) is 26.7. The second-order valence-corrected chi connectivity index (χ2v) is 12.0. The van der Waals surface area contributed by atoms with Crippen molar-refractivity contribution >= 4 is 11.9 Å². The molecule has 1 atom stereocenters. The largest absolute Gasteiger partial charge is 0.462 e. The normalized spacial score (nSPS) is 12.0. The van der Waals surface area contributed by atoms with Gasteiger partial charge in [-0.2, -0.15) is 0 Å². The molecule has 0 N–H and O–H groups in total. The van der Waals surface area contributed by atoms with Crippen LogP contribution in [0, 0.1) is 0 Å². The van der Waals surface area contributed by atoms with Gasteiger partial charge in [-0.3, -0.25) is 9.59 Å². The molecule has 0 spiro atoms. The lowest BCUT2D eigenvalue weighted by Gasteiger charge is -2.13. The SMILES string of the molecule is CCCCCCCCCCCCCCCCCC(=O)OCC(C)OC(=O)CCCCCCCCCCCCC. The molecule has 232 valence electrons. The Hall–Kier alpha value is -1.06. The minimum atomic E-state index is -0.366. The Kier molecular flexibility index (Phi) is 30.6. The zero-order valence-electron chi connectivity index (χ0n) is 26.7. The van der Waals surface area contributed by atoms with E-state index in [1.807, 2.05) is 0 Å². The molecule has 4 nitrogen and oxygen atoms in total. The van der Waals surface area contributed by atoms with Gasteiger partial charge < -0.3 is 9.47 Å². The van der Waals surface area contributed by atoms with Gasteiger partial charge in [0.15, 0.2) is 0 Å². The summed E-state index contributed by atoms with van der Waals surface area (Å²) in [6.45, 7) is 6.51. The first kappa shape index (κ1) is 37.9. The van der Waals surface area contributed by atoms with E-state index < -0.39 is 0 Å². The van der Waals surface area contributed by atoms with Crippen molar-refractivity contribution in [3.63, 3.8) is 0 Å². The van der Waals surface area contributed by atoms with E-state index in [4.69, 9.17) is 9.47 Å². The van der Waals surface area contributed by atoms with Crippen LogP contribution in [0.25, 0.3) is 0 Å². The molecule has 0 rings (SSSR count). The van der Waals surface area contributed by atoms with Crippen LogP contribution in [0.3, 0.4) is 0 Å². The molecule has 0 aliphatic carbocycles. The molecule has 0 radical (unpaired) electrons. The van der Waals surface area contributed by atoms with Gasteiger partial charge >= 0.3 is 11.9 Å². The van der Waals surface area contributed by atoms with Crippen LogP contribution in [-0.2, 0) is 19.1 Å². The van der Waals surface area contributed by atoms with Crippen LogP contribution in [0.15, 0.2) is 0 Å². The van der Waals surface area contributed by atoms with Gasteiger partial charge in [0.25, 0.3) is 0 Å². The smallest absolute Gasteiger partial charge is 0.306 e. The van der Waals surface area contributed by atoms with Crippen molar-refractivity contribution in [3.8, 4) is 0 Å². The lowest BCUT2D eigenvalue weighted by molar-refractivity contribution is -0.158. The number of rotatable bonds is 31. The molecule has 0 heterocycles. The topological polar surface area (TPSA) is 52.6 Å². The van der Waals surface area contributed by atoms with E-state index in [-0.39, 0.29) is 24.6 Å². The zero-order chi connectivity index (χ0) is 28.7. The van der Waals surface area contributed by atoms with Crippen molar-refractivity contribution in [2.24, 2.45) is 0 Å². The fourth-order valence-electron chi connectivity index (χ4n) is 5.17. The fourth-order valence-corrected chi connectivity index (χ4v) is 5.17. The van der Waals surface area contributed by atoms with E-state index in [0.29, 0.717) is 12.8 Å². The molecular formula is C35H68O4. The van der Waals surface area contributed by atoms with E-state index in [1.165, 1.54) is 141 Å². The van der Waals surface area contributed by atoms with Crippen molar-refractivity contribution in [1.29, 1.82) is 0 Å². The molecule has 0 saturated carbocycles. The second kappa shape index (κ2) is 31.5. The van der Waals surface area contributed by atoms with Crippen LogP contribution in [0.1, 0.15) is 201 Å². The lowest BCUT2D eigenvalue weighted by Crippen LogP contribution is -2.22. The van der Waals surface area contributed by atoms with E-state index in [2.05, 4.69) is 13.8 Å². The molecule has 0 aromatic rings. The van der Waals surface area contributed by atoms with Gasteiger partial charge in [0.2, 0.25) is 0 Å². The maximum Gasteiger partial charge on any atom is 0.306 e. The number of esters is 2. The van der Waals surface area contributed by atoms with Crippen molar-refractivity contribution < 1.29 is 19.1 Å². The van der Waals surface area contributed by atoms with Crippen molar-refractivity contribution in [2.45, 2.75) is 207 Å². The number of ether oxygens (including phenoxy) is 2.